The molecular formula is C25H34O4. The van der Waals surface area contributed by atoms with Crippen molar-refractivity contribution < 1.29 is 19.1 Å². The summed E-state index contributed by atoms with van der Waals surface area (Å²) in [6.07, 6.45) is 8.63. The zero-order chi connectivity index (χ0) is 20.6. The van der Waals surface area contributed by atoms with E-state index in [0.29, 0.717) is 36.2 Å². The van der Waals surface area contributed by atoms with Crippen molar-refractivity contribution in [3.63, 3.8) is 0 Å². The van der Waals surface area contributed by atoms with Gasteiger partial charge in [-0.05, 0) is 94.3 Å². The first-order valence-electron chi connectivity index (χ1n) is 11.4. The molecule has 29 heavy (non-hydrogen) atoms. The number of hydrogen-bond acceptors (Lipinski definition) is 4. The number of carbonyl (C=O) groups excluding carboxylic acids is 2. The van der Waals surface area contributed by atoms with Crippen molar-refractivity contribution in [3.8, 4) is 0 Å². The Morgan fingerprint density at radius 3 is 2.28 bits per heavy atom. The summed E-state index contributed by atoms with van der Waals surface area (Å²) in [4.78, 5) is 24.7. The molecule has 8 unspecified atom stereocenters. The lowest BCUT2D eigenvalue weighted by molar-refractivity contribution is -0.183. The Balaban J connectivity index is 1.54. The van der Waals surface area contributed by atoms with Crippen LogP contribution in [0.15, 0.2) is 24.3 Å². The van der Waals surface area contributed by atoms with E-state index in [9.17, 15) is 9.59 Å². The van der Waals surface area contributed by atoms with E-state index in [0.717, 1.165) is 36.5 Å². The summed E-state index contributed by atoms with van der Waals surface area (Å²) >= 11 is 0. The van der Waals surface area contributed by atoms with Crippen molar-refractivity contribution in [1.82, 2.24) is 0 Å². The molecule has 0 radical (unpaired) electrons. The van der Waals surface area contributed by atoms with Crippen LogP contribution in [-0.4, -0.2) is 25.2 Å². The van der Waals surface area contributed by atoms with Crippen molar-refractivity contribution >= 4 is 11.9 Å². The third kappa shape index (κ3) is 2.50. The van der Waals surface area contributed by atoms with E-state index < -0.39 is 0 Å². The number of hydrogen-bond donors (Lipinski definition) is 0. The minimum absolute atomic E-state index is 0.0350. The molecule has 0 aliphatic heterocycles. The summed E-state index contributed by atoms with van der Waals surface area (Å²) in [7, 11) is 0. The molecule has 0 aromatic heterocycles. The average Bonchev–Trinajstić information content (AvgIpc) is 3.41. The van der Waals surface area contributed by atoms with Crippen LogP contribution in [0.2, 0.25) is 0 Å². The van der Waals surface area contributed by atoms with Gasteiger partial charge in [0, 0.05) is 22.0 Å². The molecule has 6 aliphatic carbocycles. The predicted octanol–water partition coefficient (Wildman–Crippen LogP) is 4.69. The Kier molecular flexibility index (Phi) is 4.32. The van der Waals surface area contributed by atoms with Gasteiger partial charge in [0.15, 0.2) is 0 Å². The van der Waals surface area contributed by atoms with Crippen LogP contribution in [0.3, 0.4) is 0 Å². The SMILES string of the molecule is C=C(C)C(=O)OCC12CCC(CC3CC4C5CCC(C35)C41COC(=O)C(=C)C)C2. The van der Waals surface area contributed by atoms with Crippen LogP contribution in [-0.2, 0) is 19.1 Å². The van der Waals surface area contributed by atoms with Crippen LogP contribution in [0.5, 0.6) is 0 Å². The van der Waals surface area contributed by atoms with Gasteiger partial charge in [0.25, 0.3) is 0 Å². The molecule has 0 aromatic carbocycles. The van der Waals surface area contributed by atoms with Gasteiger partial charge >= 0.3 is 11.9 Å². The minimum atomic E-state index is -0.287. The zero-order valence-corrected chi connectivity index (χ0v) is 17.9. The lowest BCUT2D eigenvalue weighted by atomic mass is 9.47. The van der Waals surface area contributed by atoms with E-state index in [-0.39, 0.29) is 22.8 Å². The Morgan fingerprint density at radius 2 is 1.62 bits per heavy atom. The van der Waals surface area contributed by atoms with E-state index in [4.69, 9.17) is 9.47 Å². The molecule has 6 rings (SSSR count). The fourth-order valence-corrected chi connectivity index (χ4v) is 8.93. The monoisotopic (exact) mass is 398 g/mol. The quantitative estimate of drug-likeness (QED) is 0.481. The highest BCUT2D eigenvalue weighted by Crippen LogP contribution is 2.80. The average molecular weight is 399 g/mol. The maximum atomic E-state index is 12.4. The highest BCUT2D eigenvalue weighted by atomic mass is 16.5. The van der Waals surface area contributed by atoms with Gasteiger partial charge in [-0.15, -0.1) is 0 Å². The second-order valence-electron chi connectivity index (χ2n) is 10.9. The molecule has 0 heterocycles. The van der Waals surface area contributed by atoms with Gasteiger partial charge in [-0.25, -0.2) is 9.59 Å². The van der Waals surface area contributed by atoms with E-state index in [1.165, 1.54) is 32.1 Å². The van der Waals surface area contributed by atoms with E-state index >= 15 is 0 Å². The largest absolute Gasteiger partial charge is 0.462 e. The van der Waals surface area contributed by atoms with Crippen molar-refractivity contribution in [2.75, 3.05) is 13.2 Å². The van der Waals surface area contributed by atoms with E-state index in [2.05, 4.69) is 13.2 Å². The normalized spacial score (nSPS) is 45.7. The van der Waals surface area contributed by atoms with Gasteiger partial charge in [0.2, 0.25) is 0 Å². The Hall–Kier alpha value is -1.58. The standard InChI is InChI=1S/C25H34O4/c1-14(2)22(26)28-12-24-8-7-16(11-24)9-17-10-20-18-5-6-19(21(17)18)25(20,24)13-29-23(27)15(3)4/h16-21H,1,3,5-13H2,2,4H3. The van der Waals surface area contributed by atoms with Crippen molar-refractivity contribution in [2.24, 2.45) is 46.3 Å². The number of carbonyl (C=O) groups is 2. The van der Waals surface area contributed by atoms with E-state index in [1.54, 1.807) is 13.8 Å². The maximum absolute atomic E-state index is 12.4. The van der Waals surface area contributed by atoms with Gasteiger partial charge in [-0.2, -0.15) is 0 Å². The predicted molar refractivity (Wildman–Crippen MR) is 110 cm³/mol. The van der Waals surface area contributed by atoms with Crippen molar-refractivity contribution in [2.45, 2.75) is 58.8 Å². The third-order valence-electron chi connectivity index (χ3n) is 9.66. The molecule has 4 nitrogen and oxygen atoms in total. The van der Waals surface area contributed by atoms with Crippen LogP contribution >= 0.6 is 0 Å². The molecule has 0 aromatic rings. The molecule has 4 heteroatoms. The molecule has 8 atom stereocenters. The number of ether oxygens (including phenoxy) is 2. The first-order valence-corrected chi connectivity index (χ1v) is 11.4. The molecule has 6 saturated carbocycles. The summed E-state index contributed by atoms with van der Waals surface area (Å²) < 4.78 is 11.8. The smallest absolute Gasteiger partial charge is 0.333 e. The molecule has 8 bridgehead atoms. The van der Waals surface area contributed by atoms with Gasteiger partial charge in [-0.1, -0.05) is 13.2 Å². The number of rotatable bonds is 6. The highest BCUT2D eigenvalue weighted by molar-refractivity contribution is 5.87. The van der Waals surface area contributed by atoms with Crippen molar-refractivity contribution in [1.29, 1.82) is 0 Å². The summed E-state index contributed by atoms with van der Waals surface area (Å²) in [6.45, 7) is 11.9. The highest BCUT2D eigenvalue weighted by Gasteiger charge is 2.76. The molecule has 0 amide bonds. The van der Waals surface area contributed by atoms with Gasteiger partial charge in [0.1, 0.15) is 0 Å². The summed E-state index contributed by atoms with van der Waals surface area (Å²) in [6, 6.07) is 0. The lowest BCUT2D eigenvalue weighted by Gasteiger charge is -2.58. The van der Waals surface area contributed by atoms with Crippen LogP contribution in [0.4, 0.5) is 0 Å². The van der Waals surface area contributed by atoms with Gasteiger partial charge < -0.3 is 9.47 Å². The molecule has 0 spiro atoms. The topological polar surface area (TPSA) is 52.6 Å². The molecular weight excluding hydrogens is 364 g/mol. The fraction of sp³-hybridized carbons (Fsp3) is 0.760. The molecule has 0 saturated heterocycles. The Labute approximate surface area is 174 Å². The summed E-state index contributed by atoms with van der Waals surface area (Å²) in [5.41, 5.74) is 0.823. The first kappa shape index (κ1) is 19.4. The second kappa shape index (κ2) is 6.46. The Morgan fingerprint density at radius 1 is 0.931 bits per heavy atom. The van der Waals surface area contributed by atoms with Gasteiger partial charge in [0.05, 0.1) is 13.2 Å². The molecule has 6 aliphatic rings. The molecule has 6 fully saturated rings. The number of esters is 2. The Bertz CT molecular complexity index is 780. The van der Waals surface area contributed by atoms with Gasteiger partial charge in [-0.3, -0.25) is 0 Å². The molecule has 158 valence electrons. The summed E-state index contributed by atoms with van der Waals surface area (Å²) in [5, 5.41) is 0. The minimum Gasteiger partial charge on any atom is -0.462 e. The van der Waals surface area contributed by atoms with Crippen LogP contribution in [0.25, 0.3) is 0 Å². The lowest BCUT2D eigenvalue weighted by Crippen LogP contribution is -2.58. The van der Waals surface area contributed by atoms with Crippen LogP contribution in [0.1, 0.15) is 58.8 Å². The summed E-state index contributed by atoms with van der Waals surface area (Å²) in [5.74, 6) is 3.81. The molecule has 0 N–H and O–H groups in total. The second-order valence-corrected chi connectivity index (χ2v) is 10.9. The maximum Gasteiger partial charge on any atom is 0.333 e. The third-order valence-corrected chi connectivity index (χ3v) is 9.66. The van der Waals surface area contributed by atoms with Crippen molar-refractivity contribution in [3.05, 3.63) is 24.3 Å². The van der Waals surface area contributed by atoms with E-state index in [1.807, 2.05) is 0 Å². The van der Waals surface area contributed by atoms with Crippen LogP contribution < -0.4 is 0 Å². The first-order chi connectivity index (χ1) is 13.8. The fourth-order valence-electron chi connectivity index (χ4n) is 8.93. The van der Waals surface area contributed by atoms with Crippen LogP contribution in [0, 0.1) is 46.3 Å². The zero-order valence-electron chi connectivity index (χ0n) is 17.9.